The van der Waals surface area contributed by atoms with E-state index in [0.29, 0.717) is 12.2 Å². The molecule has 3 heterocycles. The number of rotatable bonds is 3. The maximum absolute atomic E-state index is 12.2. The van der Waals surface area contributed by atoms with Gasteiger partial charge in [-0.05, 0) is 47.6 Å². The molecule has 5 heteroatoms. The number of fused-ring (bicyclic) bond motifs is 2. The number of likely N-dealkylation sites (tertiary alicyclic amines) is 1. The maximum atomic E-state index is 12.2. The Morgan fingerprint density at radius 1 is 1.14 bits per heavy atom. The van der Waals surface area contributed by atoms with Gasteiger partial charge in [-0.3, -0.25) is 4.79 Å². The van der Waals surface area contributed by atoms with Crippen molar-refractivity contribution in [2.75, 3.05) is 19.6 Å². The molecule has 4 rings (SSSR count). The maximum Gasteiger partial charge on any atom is 0.139 e. The van der Waals surface area contributed by atoms with E-state index < -0.39 is 0 Å². The summed E-state index contributed by atoms with van der Waals surface area (Å²) in [5.74, 6) is 0.356. The summed E-state index contributed by atoms with van der Waals surface area (Å²) in [6.45, 7) is 8.98. The van der Waals surface area contributed by atoms with Crippen LogP contribution >= 0.6 is 34.7 Å². The number of thiophene rings is 1. The largest absolute Gasteiger partial charge is 0.302 e. The van der Waals surface area contributed by atoms with E-state index in [9.17, 15) is 4.79 Å². The first kappa shape index (κ1) is 20.2. The lowest BCUT2D eigenvalue weighted by atomic mass is 9.88. The van der Waals surface area contributed by atoms with Crippen molar-refractivity contribution < 1.29 is 4.79 Å². The van der Waals surface area contributed by atoms with Crippen LogP contribution in [-0.4, -0.2) is 30.3 Å². The number of hydrogen-bond acceptors (Lipinski definition) is 4. The van der Waals surface area contributed by atoms with Crippen molar-refractivity contribution in [2.24, 2.45) is 5.41 Å². The second kappa shape index (κ2) is 7.98. The van der Waals surface area contributed by atoms with Gasteiger partial charge in [0.25, 0.3) is 0 Å². The molecular weight excluding hydrogens is 406 g/mol. The van der Waals surface area contributed by atoms with E-state index in [4.69, 9.17) is 11.6 Å². The number of hydrogen-bond donors (Lipinski definition) is 0. The molecule has 2 aliphatic rings. The van der Waals surface area contributed by atoms with Crippen molar-refractivity contribution in [2.45, 2.75) is 49.1 Å². The van der Waals surface area contributed by atoms with Crippen LogP contribution in [0.5, 0.6) is 0 Å². The first-order chi connectivity index (χ1) is 13.3. The van der Waals surface area contributed by atoms with Gasteiger partial charge in [0.2, 0.25) is 0 Å². The van der Waals surface area contributed by atoms with Crippen LogP contribution in [0.3, 0.4) is 0 Å². The average Bonchev–Trinajstić information content (AvgIpc) is 3.11. The fourth-order valence-electron chi connectivity index (χ4n) is 3.90. The number of benzene rings is 1. The van der Waals surface area contributed by atoms with Crippen molar-refractivity contribution in [3.63, 3.8) is 0 Å². The van der Waals surface area contributed by atoms with Crippen LogP contribution in [0.2, 0.25) is 5.02 Å². The van der Waals surface area contributed by atoms with Crippen LogP contribution in [-0.2, 0) is 4.79 Å². The molecule has 148 valence electrons. The van der Waals surface area contributed by atoms with Gasteiger partial charge in [-0.15, -0.1) is 11.3 Å². The van der Waals surface area contributed by atoms with E-state index >= 15 is 0 Å². The molecule has 1 fully saturated rings. The van der Waals surface area contributed by atoms with Crippen LogP contribution in [0.1, 0.15) is 51.2 Å². The lowest BCUT2D eigenvalue weighted by Crippen LogP contribution is -2.34. The standard InChI is InChI=1S/C23H26ClNOS2/c1-23(2,3)20(26)8-12-25-10-6-15(7-11-25)21-17-5-4-16(24)14-19(17)28-22-18(21)9-13-27-22/h4-5,9,13-14H,6-8,10-12H2,1-3H3. The quantitative estimate of drug-likeness (QED) is 0.456. The highest BCUT2D eigenvalue weighted by Gasteiger charge is 2.27. The molecule has 0 aliphatic carbocycles. The van der Waals surface area contributed by atoms with Gasteiger partial charge in [-0.2, -0.15) is 0 Å². The highest BCUT2D eigenvalue weighted by atomic mass is 35.5. The first-order valence-corrected chi connectivity index (χ1v) is 11.9. The van der Waals surface area contributed by atoms with Gasteiger partial charge < -0.3 is 4.90 Å². The lowest BCUT2D eigenvalue weighted by molar-refractivity contribution is -0.126. The van der Waals surface area contributed by atoms with Gasteiger partial charge >= 0.3 is 0 Å². The Bertz CT molecular complexity index is 928. The Morgan fingerprint density at radius 2 is 1.89 bits per heavy atom. The zero-order chi connectivity index (χ0) is 19.9. The fourth-order valence-corrected chi connectivity index (χ4v) is 6.34. The number of ketones is 1. The predicted octanol–water partition coefficient (Wildman–Crippen LogP) is 6.77. The minimum Gasteiger partial charge on any atom is -0.302 e. The second-order valence-corrected chi connectivity index (χ2v) is 11.3. The van der Waals surface area contributed by atoms with Gasteiger partial charge in [0.1, 0.15) is 5.78 Å². The summed E-state index contributed by atoms with van der Waals surface area (Å²) < 4.78 is 1.37. The number of halogens is 1. The van der Waals surface area contributed by atoms with Gasteiger partial charge in [0.15, 0.2) is 0 Å². The van der Waals surface area contributed by atoms with Crippen molar-refractivity contribution >= 4 is 46.1 Å². The van der Waals surface area contributed by atoms with Crippen LogP contribution in [0.4, 0.5) is 0 Å². The minimum absolute atomic E-state index is 0.233. The molecule has 1 saturated heterocycles. The number of Topliss-reactive ketones (excluding diaryl/α,β-unsaturated/α-hetero) is 1. The summed E-state index contributed by atoms with van der Waals surface area (Å²) in [4.78, 5) is 16.0. The van der Waals surface area contributed by atoms with Crippen molar-refractivity contribution in [1.82, 2.24) is 4.90 Å². The lowest BCUT2D eigenvalue weighted by Gasteiger charge is -2.32. The van der Waals surface area contributed by atoms with Crippen LogP contribution in [0, 0.1) is 5.41 Å². The molecule has 28 heavy (non-hydrogen) atoms. The molecule has 0 bridgehead atoms. The third-order valence-electron chi connectivity index (χ3n) is 5.62. The van der Waals surface area contributed by atoms with Crippen molar-refractivity contribution in [1.29, 1.82) is 0 Å². The van der Waals surface area contributed by atoms with Crippen LogP contribution in [0.15, 0.2) is 44.3 Å². The van der Waals surface area contributed by atoms with E-state index in [1.165, 1.54) is 25.8 Å². The van der Waals surface area contributed by atoms with Gasteiger partial charge in [-0.1, -0.05) is 55.8 Å². The van der Waals surface area contributed by atoms with Gasteiger partial charge in [0, 0.05) is 47.0 Å². The summed E-state index contributed by atoms with van der Waals surface area (Å²) >= 11 is 9.91. The highest BCUT2D eigenvalue weighted by molar-refractivity contribution is 8.01. The topological polar surface area (TPSA) is 20.3 Å². The third kappa shape index (κ3) is 4.11. The zero-order valence-electron chi connectivity index (χ0n) is 16.7. The molecule has 2 aromatic rings. The number of carbonyl (C=O) groups is 1. The molecule has 1 aromatic carbocycles. The van der Waals surface area contributed by atoms with Gasteiger partial charge in [-0.25, -0.2) is 0 Å². The molecule has 0 radical (unpaired) electrons. The molecule has 0 saturated carbocycles. The fraction of sp³-hybridized carbons (Fsp3) is 0.435. The zero-order valence-corrected chi connectivity index (χ0v) is 19.1. The molecule has 0 amide bonds. The monoisotopic (exact) mass is 431 g/mol. The Labute approximate surface area is 181 Å². The van der Waals surface area contributed by atoms with E-state index in [0.717, 1.165) is 37.5 Å². The molecule has 2 aliphatic heterocycles. The Balaban J connectivity index is 1.54. The predicted molar refractivity (Wildman–Crippen MR) is 121 cm³/mol. The highest BCUT2D eigenvalue weighted by Crippen LogP contribution is 2.50. The van der Waals surface area contributed by atoms with E-state index in [1.807, 2.05) is 49.9 Å². The molecular formula is C23H26ClNOS2. The van der Waals surface area contributed by atoms with Crippen LogP contribution < -0.4 is 0 Å². The summed E-state index contributed by atoms with van der Waals surface area (Å²) in [6, 6.07) is 8.55. The molecule has 1 aromatic heterocycles. The normalized spacial score (nSPS) is 17.4. The summed E-state index contributed by atoms with van der Waals surface area (Å²) in [5.41, 5.74) is 5.44. The van der Waals surface area contributed by atoms with Gasteiger partial charge in [0.05, 0.1) is 4.21 Å². The second-order valence-electron chi connectivity index (χ2n) is 8.61. The smallest absolute Gasteiger partial charge is 0.139 e. The third-order valence-corrected chi connectivity index (χ3v) is 8.06. The molecule has 2 nitrogen and oxygen atoms in total. The Kier molecular flexibility index (Phi) is 5.76. The molecule has 0 N–H and O–H groups in total. The number of carbonyl (C=O) groups excluding carboxylic acids is 1. The van der Waals surface area contributed by atoms with Crippen molar-refractivity contribution in [3.8, 4) is 0 Å². The summed E-state index contributed by atoms with van der Waals surface area (Å²) in [6.07, 6.45) is 2.80. The number of piperidine rings is 1. The average molecular weight is 432 g/mol. The Morgan fingerprint density at radius 3 is 2.61 bits per heavy atom. The first-order valence-electron chi connectivity index (χ1n) is 9.86. The SMILES string of the molecule is CC(C)(C)C(=O)CCN1CCC(=C2c3ccc(Cl)cc3Sc3sccc32)CC1. The summed E-state index contributed by atoms with van der Waals surface area (Å²) in [5, 5.41) is 2.99. The molecule has 0 spiro atoms. The summed E-state index contributed by atoms with van der Waals surface area (Å²) in [7, 11) is 0. The van der Waals surface area contributed by atoms with E-state index in [2.05, 4.69) is 28.5 Å². The minimum atomic E-state index is -0.233. The van der Waals surface area contributed by atoms with Crippen molar-refractivity contribution in [3.05, 3.63) is 51.4 Å². The van der Waals surface area contributed by atoms with E-state index in [-0.39, 0.29) is 5.41 Å². The van der Waals surface area contributed by atoms with E-state index in [1.54, 1.807) is 5.57 Å². The molecule has 0 atom stereocenters. The van der Waals surface area contributed by atoms with Crippen LogP contribution in [0.25, 0.3) is 5.57 Å². The number of nitrogens with zero attached hydrogens (tertiary/aromatic N) is 1. The Hall–Kier alpha value is -1.07. The molecule has 0 unspecified atom stereocenters.